The third kappa shape index (κ3) is 3.78. The fraction of sp³-hybridized carbons (Fsp3) is 0.750. The standard InChI is InChI=1S/C24H35NO2/c26-22(15-25-21-3-1-2-4-21)16-27-23-7-5-20(6-8-23)24-12-17-9-18(13-24)11-19(10-17)14-24/h5-8,17-19,21-22,25-26H,1-4,9-16H2/t17?,18?,19?,22-,24?/m0/s1. The number of nitrogens with one attached hydrogen (secondary N) is 1. The number of benzene rings is 1. The molecule has 0 spiro atoms. The van der Waals surface area contributed by atoms with Crippen LogP contribution in [0.25, 0.3) is 0 Å². The predicted octanol–water partition coefficient (Wildman–Crippen LogP) is 4.43. The smallest absolute Gasteiger partial charge is 0.119 e. The molecule has 4 bridgehead atoms. The molecule has 148 valence electrons. The van der Waals surface area contributed by atoms with Gasteiger partial charge in [-0.1, -0.05) is 25.0 Å². The minimum atomic E-state index is -0.437. The van der Waals surface area contributed by atoms with Crippen LogP contribution in [0.15, 0.2) is 24.3 Å². The fourth-order valence-electron chi connectivity index (χ4n) is 7.05. The second-order valence-corrected chi connectivity index (χ2v) is 10.1. The van der Waals surface area contributed by atoms with Gasteiger partial charge in [0.15, 0.2) is 0 Å². The average molecular weight is 370 g/mol. The molecule has 0 saturated heterocycles. The monoisotopic (exact) mass is 369 g/mol. The van der Waals surface area contributed by atoms with E-state index in [1.807, 2.05) is 0 Å². The molecular formula is C24H35NO2. The van der Waals surface area contributed by atoms with Crippen molar-refractivity contribution in [3.8, 4) is 5.75 Å². The van der Waals surface area contributed by atoms with E-state index in [9.17, 15) is 5.11 Å². The lowest BCUT2D eigenvalue weighted by atomic mass is 9.48. The van der Waals surface area contributed by atoms with E-state index in [-0.39, 0.29) is 0 Å². The van der Waals surface area contributed by atoms with Crippen LogP contribution in [-0.2, 0) is 5.41 Å². The van der Waals surface area contributed by atoms with Crippen molar-refractivity contribution in [2.24, 2.45) is 17.8 Å². The number of aliphatic hydroxyl groups is 1. The molecule has 2 N–H and O–H groups in total. The zero-order valence-electron chi connectivity index (χ0n) is 16.5. The van der Waals surface area contributed by atoms with Gasteiger partial charge in [0.05, 0.1) is 0 Å². The summed E-state index contributed by atoms with van der Waals surface area (Å²) in [6, 6.07) is 9.48. The van der Waals surface area contributed by atoms with E-state index < -0.39 is 6.10 Å². The largest absolute Gasteiger partial charge is 0.491 e. The van der Waals surface area contributed by atoms with Crippen molar-refractivity contribution in [3.05, 3.63) is 29.8 Å². The third-order valence-corrected chi connectivity index (χ3v) is 7.94. The highest BCUT2D eigenvalue weighted by Gasteiger charge is 2.51. The molecule has 3 heteroatoms. The Morgan fingerprint density at radius 1 is 0.963 bits per heavy atom. The summed E-state index contributed by atoms with van der Waals surface area (Å²) in [5, 5.41) is 13.7. The van der Waals surface area contributed by atoms with Gasteiger partial charge in [-0.05, 0) is 92.2 Å². The first-order valence-corrected chi connectivity index (χ1v) is 11.3. The maximum Gasteiger partial charge on any atom is 0.119 e. The average Bonchev–Trinajstić information content (AvgIpc) is 3.18. The van der Waals surface area contributed by atoms with Crippen LogP contribution in [-0.4, -0.2) is 30.4 Å². The van der Waals surface area contributed by atoms with Crippen molar-refractivity contribution < 1.29 is 9.84 Å². The topological polar surface area (TPSA) is 41.5 Å². The summed E-state index contributed by atoms with van der Waals surface area (Å²) in [5.74, 6) is 3.84. The molecule has 5 fully saturated rings. The van der Waals surface area contributed by atoms with Crippen molar-refractivity contribution in [1.82, 2.24) is 5.32 Å². The van der Waals surface area contributed by atoms with Crippen LogP contribution < -0.4 is 10.1 Å². The molecule has 0 unspecified atom stereocenters. The van der Waals surface area contributed by atoms with Crippen LogP contribution in [0.3, 0.4) is 0 Å². The molecule has 0 heterocycles. The van der Waals surface area contributed by atoms with E-state index in [0.717, 1.165) is 23.5 Å². The molecule has 0 aliphatic heterocycles. The summed E-state index contributed by atoms with van der Waals surface area (Å²) < 4.78 is 5.87. The van der Waals surface area contributed by atoms with Crippen molar-refractivity contribution in [2.75, 3.05) is 13.2 Å². The Morgan fingerprint density at radius 3 is 2.15 bits per heavy atom. The Kier molecular flexibility index (Phi) is 4.94. The highest BCUT2D eigenvalue weighted by atomic mass is 16.5. The maximum atomic E-state index is 10.2. The van der Waals surface area contributed by atoms with E-state index in [0.29, 0.717) is 24.6 Å². The molecule has 0 amide bonds. The van der Waals surface area contributed by atoms with Gasteiger partial charge >= 0.3 is 0 Å². The minimum Gasteiger partial charge on any atom is -0.491 e. The summed E-state index contributed by atoms with van der Waals surface area (Å²) in [6.07, 6.45) is 13.4. The highest BCUT2D eigenvalue weighted by molar-refractivity contribution is 5.34. The molecule has 5 aliphatic carbocycles. The van der Waals surface area contributed by atoms with Crippen molar-refractivity contribution in [2.45, 2.75) is 81.8 Å². The third-order valence-electron chi connectivity index (χ3n) is 7.94. The second kappa shape index (κ2) is 7.40. The lowest BCUT2D eigenvalue weighted by Gasteiger charge is -2.57. The highest BCUT2D eigenvalue weighted by Crippen LogP contribution is 2.60. The number of ether oxygens (including phenoxy) is 1. The van der Waals surface area contributed by atoms with Gasteiger partial charge in [-0.3, -0.25) is 0 Å². The van der Waals surface area contributed by atoms with Crippen LogP contribution in [0.2, 0.25) is 0 Å². The zero-order chi connectivity index (χ0) is 18.3. The molecule has 0 radical (unpaired) electrons. The Bertz CT molecular complexity index is 599. The Balaban J connectivity index is 1.15. The quantitative estimate of drug-likeness (QED) is 0.747. The first kappa shape index (κ1) is 18.0. The molecule has 27 heavy (non-hydrogen) atoms. The summed E-state index contributed by atoms with van der Waals surface area (Å²) in [7, 11) is 0. The van der Waals surface area contributed by atoms with E-state index in [1.54, 1.807) is 0 Å². The van der Waals surface area contributed by atoms with Gasteiger partial charge in [-0.25, -0.2) is 0 Å². The van der Waals surface area contributed by atoms with Gasteiger partial charge in [-0.15, -0.1) is 0 Å². The molecule has 3 nitrogen and oxygen atoms in total. The second-order valence-electron chi connectivity index (χ2n) is 10.1. The molecule has 5 saturated carbocycles. The van der Waals surface area contributed by atoms with Crippen LogP contribution in [0.5, 0.6) is 5.75 Å². The van der Waals surface area contributed by atoms with Crippen molar-refractivity contribution in [3.63, 3.8) is 0 Å². The molecule has 1 atom stereocenters. The number of hydrogen-bond donors (Lipinski definition) is 2. The summed E-state index contributed by atoms with van der Waals surface area (Å²) in [4.78, 5) is 0. The van der Waals surface area contributed by atoms with Crippen LogP contribution >= 0.6 is 0 Å². The molecule has 6 rings (SSSR count). The first-order chi connectivity index (χ1) is 13.2. The summed E-state index contributed by atoms with van der Waals surface area (Å²) in [5.41, 5.74) is 2.00. The van der Waals surface area contributed by atoms with Crippen molar-refractivity contribution in [1.29, 1.82) is 0 Å². The minimum absolute atomic E-state index is 0.371. The SMILES string of the molecule is O[C@@H](CNC1CCCC1)COc1ccc(C23CC4CC(CC(C4)C2)C3)cc1. The van der Waals surface area contributed by atoms with E-state index >= 15 is 0 Å². The number of hydrogen-bond acceptors (Lipinski definition) is 3. The maximum absolute atomic E-state index is 10.2. The van der Waals surface area contributed by atoms with Gasteiger partial charge in [0.1, 0.15) is 18.5 Å². The van der Waals surface area contributed by atoms with E-state index in [4.69, 9.17) is 4.74 Å². The molecule has 1 aromatic carbocycles. The Hall–Kier alpha value is -1.06. The van der Waals surface area contributed by atoms with Gasteiger partial charge in [0.2, 0.25) is 0 Å². The zero-order valence-corrected chi connectivity index (χ0v) is 16.5. The molecule has 1 aromatic rings. The molecule has 0 aromatic heterocycles. The molecular weight excluding hydrogens is 334 g/mol. The van der Waals surface area contributed by atoms with E-state index in [1.165, 1.54) is 69.8 Å². The Morgan fingerprint density at radius 2 is 1.56 bits per heavy atom. The predicted molar refractivity (Wildman–Crippen MR) is 108 cm³/mol. The van der Waals surface area contributed by atoms with Gasteiger partial charge < -0.3 is 15.2 Å². The fourth-order valence-corrected chi connectivity index (χ4v) is 7.05. The van der Waals surface area contributed by atoms with Gasteiger partial charge in [0.25, 0.3) is 0 Å². The van der Waals surface area contributed by atoms with Crippen LogP contribution in [0.1, 0.15) is 69.8 Å². The van der Waals surface area contributed by atoms with E-state index in [2.05, 4.69) is 29.6 Å². The summed E-state index contributed by atoms with van der Waals surface area (Å²) >= 11 is 0. The molecule has 5 aliphatic rings. The first-order valence-electron chi connectivity index (χ1n) is 11.3. The Labute approximate surface area is 163 Å². The number of rotatable bonds is 7. The normalized spacial score (nSPS) is 36.3. The lowest BCUT2D eigenvalue weighted by molar-refractivity contribution is -0.00521. The van der Waals surface area contributed by atoms with Crippen molar-refractivity contribution >= 4 is 0 Å². The van der Waals surface area contributed by atoms with Gasteiger partial charge in [0, 0.05) is 12.6 Å². The lowest BCUT2D eigenvalue weighted by Crippen LogP contribution is -2.48. The van der Waals surface area contributed by atoms with Gasteiger partial charge in [-0.2, -0.15) is 0 Å². The summed E-state index contributed by atoms with van der Waals surface area (Å²) in [6.45, 7) is 1.01. The number of aliphatic hydroxyl groups excluding tert-OH is 1. The van der Waals surface area contributed by atoms with Crippen LogP contribution in [0, 0.1) is 17.8 Å². The van der Waals surface area contributed by atoms with Crippen LogP contribution in [0.4, 0.5) is 0 Å².